The predicted octanol–water partition coefficient (Wildman–Crippen LogP) is 2.38. The van der Waals surface area contributed by atoms with Crippen molar-refractivity contribution in [2.75, 3.05) is 13.1 Å². The van der Waals surface area contributed by atoms with Gasteiger partial charge in [0.1, 0.15) is 0 Å². The van der Waals surface area contributed by atoms with E-state index in [2.05, 4.69) is 15.3 Å². The summed E-state index contributed by atoms with van der Waals surface area (Å²) in [4.78, 5) is 19.9. The second kappa shape index (κ2) is 6.66. The molecule has 2 heterocycles. The van der Waals surface area contributed by atoms with Gasteiger partial charge in [-0.05, 0) is 50.4 Å². The van der Waals surface area contributed by atoms with E-state index < -0.39 is 5.97 Å². The van der Waals surface area contributed by atoms with E-state index in [9.17, 15) is 4.79 Å². The number of nitrogens with one attached hydrogen (secondary N) is 1. The highest BCUT2D eigenvalue weighted by Gasteiger charge is 2.17. The maximum Gasteiger partial charge on any atom is 0.335 e. The van der Waals surface area contributed by atoms with Gasteiger partial charge >= 0.3 is 5.97 Å². The summed E-state index contributed by atoms with van der Waals surface area (Å²) in [5, 5.41) is 12.4. The maximum atomic E-state index is 10.9. The molecule has 2 N–H and O–H groups in total. The van der Waals surface area contributed by atoms with Gasteiger partial charge in [-0.25, -0.2) is 4.79 Å². The zero-order valence-corrected chi connectivity index (χ0v) is 12.3. The molecule has 1 aromatic heterocycles. The number of carbonyl (C=O) groups is 1. The van der Waals surface area contributed by atoms with E-state index in [1.54, 1.807) is 36.7 Å². The average molecular weight is 297 g/mol. The number of carboxylic acid groups (broad SMARTS) is 1. The number of aromatic carboxylic acids is 1. The molecule has 22 heavy (non-hydrogen) atoms. The largest absolute Gasteiger partial charge is 0.478 e. The molecule has 0 radical (unpaired) electrons. The minimum Gasteiger partial charge on any atom is -0.478 e. The lowest BCUT2D eigenvalue weighted by atomic mass is 9.93. The number of rotatable bonds is 4. The Morgan fingerprint density at radius 1 is 1.23 bits per heavy atom. The van der Waals surface area contributed by atoms with Gasteiger partial charge in [0.2, 0.25) is 0 Å². The number of nitrogens with zero attached hydrogens (tertiary/aromatic N) is 2. The van der Waals surface area contributed by atoms with Crippen LogP contribution in [-0.2, 0) is 6.42 Å². The summed E-state index contributed by atoms with van der Waals surface area (Å²) in [6, 6.07) is 6.82. The Labute approximate surface area is 129 Å². The molecule has 0 spiro atoms. The van der Waals surface area contributed by atoms with Gasteiger partial charge in [-0.2, -0.15) is 0 Å². The van der Waals surface area contributed by atoms with Crippen molar-refractivity contribution in [1.82, 2.24) is 15.3 Å². The van der Waals surface area contributed by atoms with E-state index in [1.165, 1.54) is 12.8 Å². The van der Waals surface area contributed by atoms with Crippen molar-refractivity contribution in [3.63, 3.8) is 0 Å². The lowest BCUT2D eigenvalue weighted by Gasteiger charge is -2.23. The monoisotopic (exact) mass is 297 g/mol. The summed E-state index contributed by atoms with van der Waals surface area (Å²) < 4.78 is 0. The first-order valence-electron chi connectivity index (χ1n) is 7.58. The van der Waals surface area contributed by atoms with Gasteiger partial charge in [0.15, 0.2) is 0 Å². The number of hydrogen-bond acceptors (Lipinski definition) is 4. The number of aromatic nitrogens is 2. The first-order chi connectivity index (χ1) is 10.7. The van der Waals surface area contributed by atoms with Crippen LogP contribution in [0.3, 0.4) is 0 Å². The zero-order valence-electron chi connectivity index (χ0n) is 12.3. The Kier molecular flexibility index (Phi) is 4.44. The van der Waals surface area contributed by atoms with Crippen LogP contribution in [0.15, 0.2) is 36.7 Å². The molecule has 1 atom stereocenters. The Morgan fingerprint density at radius 3 is 2.68 bits per heavy atom. The Morgan fingerprint density at radius 2 is 2.00 bits per heavy atom. The van der Waals surface area contributed by atoms with Gasteiger partial charge in [0.25, 0.3) is 0 Å². The smallest absolute Gasteiger partial charge is 0.335 e. The van der Waals surface area contributed by atoms with Gasteiger partial charge in [0.05, 0.1) is 17.0 Å². The fourth-order valence-electron chi connectivity index (χ4n) is 2.90. The summed E-state index contributed by atoms with van der Waals surface area (Å²) in [5.74, 6) is -0.332. The first kappa shape index (κ1) is 14.7. The molecule has 114 valence electrons. The van der Waals surface area contributed by atoms with E-state index >= 15 is 0 Å². The SMILES string of the molecule is O=C(O)c1ccc(-c2nccnc2CC2CCCNC2)cc1. The molecule has 2 aromatic rings. The maximum absolute atomic E-state index is 10.9. The lowest BCUT2D eigenvalue weighted by molar-refractivity contribution is 0.0697. The van der Waals surface area contributed by atoms with Crippen molar-refractivity contribution in [1.29, 1.82) is 0 Å². The molecule has 1 aliphatic rings. The molecule has 3 rings (SSSR count). The summed E-state index contributed by atoms with van der Waals surface area (Å²) in [5.41, 5.74) is 3.03. The molecule has 1 fully saturated rings. The molecule has 5 nitrogen and oxygen atoms in total. The second-order valence-electron chi connectivity index (χ2n) is 5.65. The third-order valence-electron chi connectivity index (χ3n) is 4.06. The highest BCUT2D eigenvalue weighted by molar-refractivity contribution is 5.88. The van der Waals surface area contributed by atoms with Crippen LogP contribution < -0.4 is 5.32 Å². The molecular weight excluding hydrogens is 278 g/mol. The summed E-state index contributed by atoms with van der Waals surface area (Å²) in [6.45, 7) is 2.12. The molecule has 1 aliphatic heterocycles. The number of piperidine rings is 1. The second-order valence-corrected chi connectivity index (χ2v) is 5.65. The van der Waals surface area contributed by atoms with Crippen LogP contribution in [0.4, 0.5) is 0 Å². The van der Waals surface area contributed by atoms with Crippen molar-refractivity contribution in [2.24, 2.45) is 5.92 Å². The van der Waals surface area contributed by atoms with Crippen LogP contribution in [0.1, 0.15) is 28.9 Å². The van der Waals surface area contributed by atoms with Crippen LogP contribution in [0.2, 0.25) is 0 Å². The van der Waals surface area contributed by atoms with Crippen LogP contribution in [0.25, 0.3) is 11.3 Å². The van der Waals surface area contributed by atoms with Gasteiger partial charge < -0.3 is 10.4 Å². The fraction of sp³-hybridized carbons (Fsp3) is 0.353. The average Bonchev–Trinajstić information content (AvgIpc) is 2.56. The van der Waals surface area contributed by atoms with E-state index in [0.29, 0.717) is 5.92 Å². The summed E-state index contributed by atoms with van der Waals surface area (Å²) >= 11 is 0. The highest BCUT2D eigenvalue weighted by atomic mass is 16.4. The van der Waals surface area contributed by atoms with Gasteiger partial charge in [-0.15, -0.1) is 0 Å². The molecule has 0 saturated carbocycles. The third-order valence-corrected chi connectivity index (χ3v) is 4.06. The van der Waals surface area contributed by atoms with Gasteiger partial charge in [-0.1, -0.05) is 12.1 Å². The minimum absolute atomic E-state index is 0.283. The van der Waals surface area contributed by atoms with Crippen LogP contribution in [-0.4, -0.2) is 34.1 Å². The standard InChI is InChI=1S/C17H19N3O2/c21-17(22)14-5-3-13(4-6-14)16-15(19-8-9-20-16)10-12-2-1-7-18-11-12/h3-6,8-9,12,18H,1-2,7,10-11H2,(H,21,22). The molecule has 1 unspecified atom stereocenters. The summed E-state index contributed by atoms with van der Waals surface area (Å²) in [6.07, 6.45) is 6.72. The first-order valence-corrected chi connectivity index (χ1v) is 7.58. The zero-order chi connectivity index (χ0) is 15.4. The Hall–Kier alpha value is -2.27. The highest BCUT2D eigenvalue weighted by Crippen LogP contribution is 2.24. The third kappa shape index (κ3) is 3.31. The minimum atomic E-state index is -0.917. The fourth-order valence-corrected chi connectivity index (χ4v) is 2.90. The van der Waals surface area contributed by atoms with Crippen molar-refractivity contribution < 1.29 is 9.90 Å². The van der Waals surface area contributed by atoms with E-state index in [4.69, 9.17) is 5.11 Å². The molecule has 0 amide bonds. The topological polar surface area (TPSA) is 75.1 Å². The quantitative estimate of drug-likeness (QED) is 0.906. The molecular formula is C17H19N3O2. The van der Waals surface area contributed by atoms with E-state index in [-0.39, 0.29) is 5.56 Å². The Bertz CT molecular complexity index is 649. The van der Waals surface area contributed by atoms with E-state index in [0.717, 1.165) is 36.5 Å². The van der Waals surface area contributed by atoms with Crippen LogP contribution in [0, 0.1) is 5.92 Å². The van der Waals surface area contributed by atoms with Crippen molar-refractivity contribution in [2.45, 2.75) is 19.3 Å². The van der Waals surface area contributed by atoms with Crippen molar-refractivity contribution in [3.8, 4) is 11.3 Å². The molecule has 1 saturated heterocycles. The van der Waals surface area contributed by atoms with Crippen LogP contribution >= 0.6 is 0 Å². The molecule has 0 bridgehead atoms. The summed E-state index contributed by atoms with van der Waals surface area (Å²) in [7, 11) is 0. The number of benzene rings is 1. The Balaban J connectivity index is 1.85. The van der Waals surface area contributed by atoms with Crippen molar-refractivity contribution >= 4 is 5.97 Å². The lowest BCUT2D eigenvalue weighted by Crippen LogP contribution is -2.31. The molecule has 5 heteroatoms. The number of carboxylic acids is 1. The van der Waals surface area contributed by atoms with Gasteiger partial charge in [0, 0.05) is 18.0 Å². The van der Waals surface area contributed by atoms with E-state index in [1.807, 2.05) is 0 Å². The molecule has 1 aromatic carbocycles. The van der Waals surface area contributed by atoms with Gasteiger partial charge in [-0.3, -0.25) is 9.97 Å². The normalized spacial score (nSPS) is 18.1. The number of hydrogen-bond donors (Lipinski definition) is 2. The molecule has 0 aliphatic carbocycles. The van der Waals surface area contributed by atoms with Crippen LogP contribution in [0.5, 0.6) is 0 Å². The van der Waals surface area contributed by atoms with Crippen molar-refractivity contribution in [3.05, 3.63) is 47.9 Å². The predicted molar refractivity (Wildman–Crippen MR) is 83.7 cm³/mol.